The minimum absolute atomic E-state index is 0.238. The van der Waals surface area contributed by atoms with E-state index in [1.165, 1.54) is 0 Å². The summed E-state index contributed by atoms with van der Waals surface area (Å²) in [6.45, 7) is 6.39. The molecule has 5 nitrogen and oxygen atoms in total. The van der Waals surface area contributed by atoms with Crippen LogP contribution in [0.1, 0.15) is 52.4 Å². The molecule has 0 aliphatic rings. The fraction of sp³-hybridized carbons (Fsp3) is 0.545. The molecule has 0 bridgehead atoms. The molecular weight excluding hydrogens is 338 g/mol. The highest BCUT2D eigenvalue weighted by Gasteiger charge is 2.15. The Labute approximate surface area is 162 Å². The normalized spacial score (nSPS) is 11.1. The number of aryl methyl sites for hydroxylation is 1. The van der Waals surface area contributed by atoms with E-state index in [1.807, 2.05) is 56.8 Å². The highest BCUT2D eigenvalue weighted by atomic mass is 16.5. The third-order valence-corrected chi connectivity index (χ3v) is 4.48. The van der Waals surface area contributed by atoms with Crippen molar-refractivity contribution in [3.05, 3.63) is 43.0 Å². The van der Waals surface area contributed by atoms with Crippen molar-refractivity contribution in [1.29, 1.82) is 5.26 Å². The summed E-state index contributed by atoms with van der Waals surface area (Å²) in [5.74, 6) is 1.75. The molecular formula is C22H31N3O2. The van der Waals surface area contributed by atoms with E-state index < -0.39 is 0 Å². The first-order valence-corrected chi connectivity index (χ1v) is 9.82. The summed E-state index contributed by atoms with van der Waals surface area (Å²) in [4.78, 5) is 4.04. The molecule has 0 aliphatic heterocycles. The second-order valence-corrected chi connectivity index (χ2v) is 7.48. The molecule has 2 aromatic rings. The first-order chi connectivity index (χ1) is 13.1. The quantitative estimate of drug-likeness (QED) is 0.454. The summed E-state index contributed by atoms with van der Waals surface area (Å²) in [5, 5.41) is 9.00. The Morgan fingerprint density at radius 1 is 0.963 bits per heavy atom. The van der Waals surface area contributed by atoms with E-state index in [-0.39, 0.29) is 5.41 Å². The van der Waals surface area contributed by atoms with Crippen molar-refractivity contribution in [2.75, 3.05) is 13.2 Å². The van der Waals surface area contributed by atoms with Crippen molar-refractivity contribution in [3.63, 3.8) is 0 Å². The Hall–Kier alpha value is -2.48. The zero-order chi connectivity index (χ0) is 19.4. The van der Waals surface area contributed by atoms with Gasteiger partial charge in [-0.2, -0.15) is 5.26 Å². The monoisotopic (exact) mass is 369 g/mol. The van der Waals surface area contributed by atoms with E-state index in [4.69, 9.17) is 14.7 Å². The lowest BCUT2D eigenvalue weighted by molar-refractivity contribution is 0.290. The Kier molecular flexibility index (Phi) is 8.70. The molecule has 0 aliphatic carbocycles. The smallest absolute Gasteiger partial charge is 0.119 e. The number of imidazole rings is 1. The zero-order valence-electron chi connectivity index (χ0n) is 16.6. The fourth-order valence-corrected chi connectivity index (χ4v) is 2.73. The van der Waals surface area contributed by atoms with E-state index in [2.05, 4.69) is 15.6 Å². The molecule has 5 heteroatoms. The van der Waals surface area contributed by atoms with Gasteiger partial charge in [-0.05, 0) is 76.6 Å². The topological polar surface area (TPSA) is 60.1 Å². The molecule has 0 amide bonds. The molecule has 1 aromatic carbocycles. The third kappa shape index (κ3) is 8.63. The predicted molar refractivity (Wildman–Crippen MR) is 107 cm³/mol. The molecule has 1 aromatic heterocycles. The minimum Gasteiger partial charge on any atom is -0.494 e. The molecule has 0 fully saturated rings. The van der Waals surface area contributed by atoms with Gasteiger partial charge in [-0.25, -0.2) is 4.98 Å². The van der Waals surface area contributed by atoms with Gasteiger partial charge < -0.3 is 14.0 Å². The maximum absolute atomic E-state index is 9.00. The molecule has 1 heterocycles. The molecule has 0 spiro atoms. The maximum atomic E-state index is 9.00. The van der Waals surface area contributed by atoms with E-state index in [0.29, 0.717) is 6.61 Å². The van der Waals surface area contributed by atoms with Crippen molar-refractivity contribution < 1.29 is 9.47 Å². The molecule has 0 radical (unpaired) electrons. The van der Waals surface area contributed by atoms with E-state index in [1.54, 1.807) is 0 Å². The highest BCUT2D eigenvalue weighted by Crippen LogP contribution is 2.22. The van der Waals surface area contributed by atoms with Crippen molar-refractivity contribution >= 4 is 0 Å². The summed E-state index contributed by atoms with van der Waals surface area (Å²) in [5.41, 5.74) is -0.238. The Morgan fingerprint density at radius 3 is 2.15 bits per heavy atom. The van der Waals surface area contributed by atoms with Crippen LogP contribution in [0, 0.1) is 16.7 Å². The van der Waals surface area contributed by atoms with Gasteiger partial charge in [-0.1, -0.05) is 0 Å². The zero-order valence-corrected chi connectivity index (χ0v) is 16.6. The molecule has 0 unspecified atom stereocenters. The van der Waals surface area contributed by atoms with Crippen LogP contribution in [0.15, 0.2) is 43.0 Å². The van der Waals surface area contributed by atoms with Crippen LogP contribution in [-0.4, -0.2) is 22.8 Å². The molecule has 0 saturated heterocycles. The molecule has 0 atom stereocenters. The first-order valence-electron chi connectivity index (χ1n) is 9.82. The van der Waals surface area contributed by atoms with Gasteiger partial charge in [-0.15, -0.1) is 0 Å². The van der Waals surface area contributed by atoms with Gasteiger partial charge in [0.05, 0.1) is 31.0 Å². The van der Waals surface area contributed by atoms with E-state index >= 15 is 0 Å². The first kappa shape index (κ1) is 20.8. The largest absolute Gasteiger partial charge is 0.494 e. The average Bonchev–Trinajstić information content (AvgIpc) is 3.19. The van der Waals surface area contributed by atoms with Crippen LogP contribution < -0.4 is 9.47 Å². The third-order valence-electron chi connectivity index (χ3n) is 4.48. The van der Waals surface area contributed by atoms with Gasteiger partial charge >= 0.3 is 0 Å². The van der Waals surface area contributed by atoms with Gasteiger partial charge in [0.2, 0.25) is 0 Å². The minimum atomic E-state index is -0.238. The summed E-state index contributed by atoms with van der Waals surface area (Å²) in [6, 6.07) is 10.2. The van der Waals surface area contributed by atoms with Crippen LogP contribution in [0.4, 0.5) is 0 Å². The Balaban J connectivity index is 1.52. The molecule has 0 N–H and O–H groups in total. The van der Waals surface area contributed by atoms with Crippen LogP contribution >= 0.6 is 0 Å². The number of nitriles is 1. The lowest BCUT2D eigenvalue weighted by Gasteiger charge is -2.14. The molecule has 0 saturated carbocycles. The lowest BCUT2D eigenvalue weighted by atomic mass is 9.89. The van der Waals surface area contributed by atoms with Crippen molar-refractivity contribution in [3.8, 4) is 17.6 Å². The van der Waals surface area contributed by atoms with Crippen LogP contribution in [0.25, 0.3) is 0 Å². The number of unbranched alkanes of at least 4 members (excludes halogenated alkanes) is 3. The average molecular weight is 370 g/mol. The molecule has 27 heavy (non-hydrogen) atoms. The van der Waals surface area contributed by atoms with Gasteiger partial charge in [-0.3, -0.25) is 0 Å². The van der Waals surface area contributed by atoms with Crippen LogP contribution in [0.3, 0.4) is 0 Å². The van der Waals surface area contributed by atoms with Crippen LogP contribution in [-0.2, 0) is 6.54 Å². The van der Waals surface area contributed by atoms with Crippen molar-refractivity contribution in [1.82, 2.24) is 9.55 Å². The Morgan fingerprint density at radius 2 is 1.59 bits per heavy atom. The Bertz CT molecular complexity index is 673. The second-order valence-electron chi connectivity index (χ2n) is 7.48. The van der Waals surface area contributed by atoms with Crippen LogP contribution in [0.5, 0.6) is 11.5 Å². The number of benzene rings is 1. The number of rotatable bonds is 13. The number of hydrogen-bond donors (Lipinski definition) is 0. The maximum Gasteiger partial charge on any atom is 0.119 e. The highest BCUT2D eigenvalue weighted by molar-refractivity contribution is 5.31. The molecule has 146 valence electrons. The van der Waals surface area contributed by atoms with Crippen molar-refractivity contribution in [2.24, 2.45) is 5.41 Å². The summed E-state index contributed by atoms with van der Waals surface area (Å²) < 4.78 is 13.6. The van der Waals surface area contributed by atoms with Gasteiger partial charge in [0.25, 0.3) is 0 Å². The van der Waals surface area contributed by atoms with Crippen LogP contribution in [0.2, 0.25) is 0 Å². The van der Waals surface area contributed by atoms with Crippen molar-refractivity contribution in [2.45, 2.75) is 58.9 Å². The number of ether oxygens (including phenoxy) is 2. The summed E-state index contributed by atoms with van der Waals surface area (Å²) >= 11 is 0. The van der Waals surface area contributed by atoms with E-state index in [0.717, 1.165) is 63.2 Å². The standard InChI is InChI=1S/C22H31N3O2/c1-22(2,18-23)12-4-7-17-27-21-10-8-20(9-11-21)26-16-6-3-5-14-25-15-13-24-19-25/h8-11,13,15,19H,3-7,12,14,16-17H2,1-2H3. The van der Waals surface area contributed by atoms with Gasteiger partial charge in [0.15, 0.2) is 0 Å². The number of aromatic nitrogens is 2. The van der Waals surface area contributed by atoms with E-state index in [9.17, 15) is 0 Å². The predicted octanol–water partition coefficient (Wildman–Crippen LogP) is 5.23. The summed E-state index contributed by atoms with van der Waals surface area (Å²) in [7, 11) is 0. The lowest BCUT2D eigenvalue weighted by Crippen LogP contribution is -2.08. The fourth-order valence-electron chi connectivity index (χ4n) is 2.73. The van der Waals surface area contributed by atoms with Gasteiger partial charge in [0, 0.05) is 18.9 Å². The second kappa shape index (κ2) is 11.3. The molecule has 2 rings (SSSR count). The SMILES string of the molecule is CC(C)(C#N)CCCCOc1ccc(OCCCCCn2ccnc2)cc1. The van der Waals surface area contributed by atoms with Gasteiger partial charge in [0.1, 0.15) is 11.5 Å². The number of hydrogen-bond acceptors (Lipinski definition) is 4. The number of nitrogens with zero attached hydrogens (tertiary/aromatic N) is 3. The summed E-state index contributed by atoms with van der Waals surface area (Å²) in [6.07, 6.45) is 11.9.